The highest BCUT2D eigenvalue weighted by atomic mass is 16.3. The first-order chi connectivity index (χ1) is 19.4. The van der Waals surface area contributed by atoms with E-state index in [9.17, 15) is 0 Å². The normalized spacial score (nSPS) is 11.5. The van der Waals surface area contributed by atoms with Gasteiger partial charge in [0.15, 0.2) is 0 Å². The highest BCUT2D eigenvalue weighted by Crippen LogP contribution is 2.15. The molecule has 0 aliphatic rings. The quantitative estimate of drug-likeness (QED) is 0.0676. The molecule has 0 unspecified atom stereocenters. The Labute approximate surface area is 247 Å². The molecule has 0 aromatic heterocycles. The molecule has 0 fully saturated rings. The first-order valence-electron chi connectivity index (χ1n) is 18.3. The van der Waals surface area contributed by atoms with Crippen LogP contribution in [0, 0.1) is 0 Å². The van der Waals surface area contributed by atoms with Crippen molar-refractivity contribution in [2.24, 2.45) is 0 Å². The molecular formula is C36H75NO2. The van der Waals surface area contributed by atoms with Gasteiger partial charge in [-0.1, -0.05) is 180 Å². The SMILES string of the molecule is OCCCCCCCCCCCCCCCCCCCCCCNCCCCCCCCCCCCCCO. The third-order valence-corrected chi connectivity index (χ3v) is 8.52. The van der Waals surface area contributed by atoms with E-state index in [1.807, 2.05) is 0 Å². The molecule has 0 radical (unpaired) electrons. The Kier molecular flexibility index (Phi) is 37.8. The van der Waals surface area contributed by atoms with Crippen LogP contribution in [0.4, 0.5) is 0 Å². The third kappa shape index (κ3) is 37.9. The second-order valence-corrected chi connectivity index (χ2v) is 12.5. The lowest BCUT2D eigenvalue weighted by Gasteiger charge is -2.06. The van der Waals surface area contributed by atoms with Crippen molar-refractivity contribution in [2.75, 3.05) is 26.3 Å². The number of unbranched alkanes of at least 4 members (excludes halogenated alkanes) is 30. The number of hydrogen-bond acceptors (Lipinski definition) is 3. The molecule has 0 saturated heterocycles. The van der Waals surface area contributed by atoms with Crippen LogP contribution in [0.25, 0.3) is 0 Å². The Bertz CT molecular complexity index is 368. The molecule has 0 heterocycles. The summed E-state index contributed by atoms with van der Waals surface area (Å²) in [4.78, 5) is 0. The Morgan fingerprint density at radius 1 is 0.205 bits per heavy atom. The predicted molar refractivity (Wildman–Crippen MR) is 175 cm³/mol. The molecule has 3 heteroatoms. The third-order valence-electron chi connectivity index (χ3n) is 8.52. The van der Waals surface area contributed by atoms with Gasteiger partial charge in [0.25, 0.3) is 0 Å². The van der Waals surface area contributed by atoms with Gasteiger partial charge in [-0.25, -0.2) is 0 Å². The highest BCUT2D eigenvalue weighted by Gasteiger charge is 1.97. The van der Waals surface area contributed by atoms with Gasteiger partial charge in [0.1, 0.15) is 0 Å². The van der Waals surface area contributed by atoms with E-state index in [-0.39, 0.29) is 0 Å². The van der Waals surface area contributed by atoms with Gasteiger partial charge < -0.3 is 15.5 Å². The molecule has 0 atom stereocenters. The summed E-state index contributed by atoms with van der Waals surface area (Å²) in [5.41, 5.74) is 0. The Balaban J connectivity index is 3.01. The van der Waals surface area contributed by atoms with E-state index in [0.29, 0.717) is 13.2 Å². The van der Waals surface area contributed by atoms with Crippen LogP contribution in [-0.4, -0.2) is 36.5 Å². The minimum Gasteiger partial charge on any atom is -0.396 e. The first-order valence-corrected chi connectivity index (χ1v) is 18.3. The molecule has 0 amide bonds. The fraction of sp³-hybridized carbons (Fsp3) is 1.00. The molecule has 0 aliphatic heterocycles. The lowest BCUT2D eigenvalue weighted by molar-refractivity contribution is 0.282. The van der Waals surface area contributed by atoms with Crippen LogP contribution in [0.2, 0.25) is 0 Å². The zero-order valence-corrected chi connectivity index (χ0v) is 26.9. The molecule has 3 nitrogen and oxygen atoms in total. The van der Waals surface area contributed by atoms with Crippen molar-refractivity contribution < 1.29 is 10.2 Å². The lowest BCUT2D eigenvalue weighted by Crippen LogP contribution is -2.16. The summed E-state index contributed by atoms with van der Waals surface area (Å²) in [7, 11) is 0. The van der Waals surface area contributed by atoms with E-state index in [1.165, 1.54) is 206 Å². The van der Waals surface area contributed by atoms with Crippen molar-refractivity contribution in [1.29, 1.82) is 0 Å². The number of aliphatic hydroxyl groups excluding tert-OH is 2. The van der Waals surface area contributed by atoms with Gasteiger partial charge in [-0.2, -0.15) is 0 Å². The summed E-state index contributed by atoms with van der Waals surface area (Å²) in [5, 5.41) is 21.2. The number of aliphatic hydroxyl groups is 2. The topological polar surface area (TPSA) is 52.5 Å². The average molecular weight is 554 g/mol. The lowest BCUT2D eigenvalue weighted by atomic mass is 10.0. The zero-order valence-electron chi connectivity index (χ0n) is 26.9. The molecule has 0 aliphatic carbocycles. The van der Waals surface area contributed by atoms with Gasteiger partial charge in [-0.05, 0) is 38.8 Å². The van der Waals surface area contributed by atoms with Crippen LogP contribution in [0.5, 0.6) is 0 Å². The molecule has 0 saturated carbocycles. The van der Waals surface area contributed by atoms with E-state index < -0.39 is 0 Å². The molecule has 0 rings (SSSR count). The summed E-state index contributed by atoms with van der Waals surface area (Å²) >= 11 is 0. The molecule has 0 aromatic carbocycles. The fourth-order valence-electron chi connectivity index (χ4n) is 5.80. The van der Waals surface area contributed by atoms with Gasteiger partial charge in [0, 0.05) is 13.2 Å². The van der Waals surface area contributed by atoms with Crippen molar-refractivity contribution in [2.45, 2.75) is 205 Å². The minimum atomic E-state index is 0.367. The van der Waals surface area contributed by atoms with E-state index in [0.717, 1.165) is 12.8 Å². The second kappa shape index (κ2) is 37.9. The van der Waals surface area contributed by atoms with Gasteiger partial charge in [-0.15, -0.1) is 0 Å². The minimum absolute atomic E-state index is 0.367. The van der Waals surface area contributed by atoms with Crippen LogP contribution in [-0.2, 0) is 0 Å². The van der Waals surface area contributed by atoms with Gasteiger partial charge in [0.05, 0.1) is 0 Å². The van der Waals surface area contributed by atoms with E-state index in [1.54, 1.807) is 0 Å². The molecule has 39 heavy (non-hydrogen) atoms. The molecular weight excluding hydrogens is 478 g/mol. The summed E-state index contributed by atoms with van der Waals surface area (Å²) in [6.07, 6.45) is 44.1. The summed E-state index contributed by atoms with van der Waals surface area (Å²) in [6, 6.07) is 0. The van der Waals surface area contributed by atoms with Gasteiger partial charge in [0.2, 0.25) is 0 Å². The maximum Gasteiger partial charge on any atom is 0.0431 e. The van der Waals surface area contributed by atoms with Crippen LogP contribution >= 0.6 is 0 Å². The first kappa shape index (κ1) is 38.9. The monoisotopic (exact) mass is 554 g/mol. The molecule has 3 N–H and O–H groups in total. The number of nitrogens with one attached hydrogen (secondary N) is 1. The molecule has 0 spiro atoms. The average Bonchev–Trinajstić information content (AvgIpc) is 2.95. The Morgan fingerprint density at radius 3 is 0.538 bits per heavy atom. The largest absolute Gasteiger partial charge is 0.396 e. The van der Waals surface area contributed by atoms with Crippen LogP contribution in [0.3, 0.4) is 0 Å². The molecule has 0 aromatic rings. The smallest absolute Gasteiger partial charge is 0.0431 e. The Hall–Kier alpha value is -0.120. The van der Waals surface area contributed by atoms with Crippen LogP contribution < -0.4 is 5.32 Å². The Morgan fingerprint density at radius 2 is 0.359 bits per heavy atom. The van der Waals surface area contributed by atoms with Crippen molar-refractivity contribution in [1.82, 2.24) is 5.32 Å². The summed E-state index contributed by atoms with van der Waals surface area (Å²) in [6.45, 7) is 3.19. The van der Waals surface area contributed by atoms with Crippen LogP contribution in [0.15, 0.2) is 0 Å². The van der Waals surface area contributed by atoms with Crippen LogP contribution in [0.1, 0.15) is 205 Å². The second-order valence-electron chi connectivity index (χ2n) is 12.5. The van der Waals surface area contributed by atoms with E-state index in [2.05, 4.69) is 5.32 Å². The number of rotatable bonds is 36. The van der Waals surface area contributed by atoms with Gasteiger partial charge >= 0.3 is 0 Å². The summed E-state index contributed by atoms with van der Waals surface area (Å²) < 4.78 is 0. The van der Waals surface area contributed by atoms with Crippen molar-refractivity contribution in [3.8, 4) is 0 Å². The predicted octanol–water partition coefficient (Wildman–Crippen LogP) is 11.0. The standard InChI is InChI=1S/C36H75NO2/c38-35-31-27-23-19-15-11-8-6-4-2-1-3-5-7-9-13-17-21-25-29-33-37-34-30-26-22-18-14-10-12-16-20-24-28-32-36-39/h37-39H,1-36H2. The van der Waals surface area contributed by atoms with Crippen molar-refractivity contribution in [3.05, 3.63) is 0 Å². The fourth-order valence-corrected chi connectivity index (χ4v) is 5.80. The van der Waals surface area contributed by atoms with E-state index >= 15 is 0 Å². The van der Waals surface area contributed by atoms with Crippen molar-refractivity contribution >= 4 is 0 Å². The maximum absolute atomic E-state index is 8.78. The number of hydrogen-bond donors (Lipinski definition) is 3. The highest BCUT2D eigenvalue weighted by molar-refractivity contribution is 4.54. The zero-order chi connectivity index (χ0) is 28.2. The molecule has 236 valence electrons. The van der Waals surface area contributed by atoms with E-state index in [4.69, 9.17) is 10.2 Å². The summed E-state index contributed by atoms with van der Waals surface area (Å²) in [5.74, 6) is 0. The maximum atomic E-state index is 8.78. The molecule has 0 bridgehead atoms. The van der Waals surface area contributed by atoms with Crippen molar-refractivity contribution in [3.63, 3.8) is 0 Å². The van der Waals surface area contributed by atoms with Gasteiger partial charge in [-0.3, -0.25) is 0 Å².